The minimum absolute atomic E-state index is 0.133. The molecular weight excluding hydrogens is 1830 g/mol. The first-order valence-electron chi connectivity index (χ1n) is 58.2. The van der Waals surface area contributed by atoms with E-state index >= 15 is 8.78 Å². The predicted octanol–water partition coefficient (Wildman–Crippen LogP) is 39.3. The second-order valence-electron chi connectivity index (χ2n) is 33.8. The van der Waals surface area contributed by atoms with Crippen LogP contribution < -0.4 is 29.4 Å². The molecule has 0 amide bonds. The fourth-order valence-corrected chi connectivity index (χ4v) is 21.5. The van der Waals surface area contributed by atoms with Gasteiger partial charge in [0.1, 0.15) is 33.3 Å². The molecule has 0 aliphatic rings. The number of nitrogens with zero attached hydrogens (tertiary/aromatic N) is 6. The van der Waals surface area contributed by atoms with Gasteiger partial charge in [0.25, 0.3) is 0 Å². The van der Waals surface area contributed by atoms with E-state index in [1.807, 2.05) is 231 Å². The van der Waals surface area contributed by atoms with Gasteiger partial charge in [-0.2, -0.15) is 8.78 Å². The second-order valence-corrected chi connectivity index (χ2v) is 35.8. The van der Waals surface area contributed by atoms with Crippen LogP contribution in [0.3, 0.4) is 0 Å². The summed E-state index contributed by atoms with van der Waals surface area (Å²) >= 11 is 1.51. The molecule has 144 heavy (non-hydrogen) atoms. The number of fused-ring (bicyclic) bond motifs is 6. The summed E-state index contributed by atoms with van der Waals surface area (Å²) in [4.78, 5) is 9.19. The molecule has 0 radical (unpaired) electrons. The van der Waals surface area contributed by atoms with Crippen molar-refractivity contribution in [3.05, 3.63) is 506 Å². The van der Waals surface area contributed by atoms with Crippen molar-refractivity contribution >= 4 is 264 Å². The van der Waals surface area contributed by atoms with E-state index in [0.29, 0.717) is 88.6 Å². The molecule has 8 nitrogen and oxygen atoms in total. The van der Waals surface area contributed by atoms with Gasteiger partial charge in [-0.05, 0) is 303 Å². The average molecular weight is 1940 g/mol. The number of rotatable bonds is 18. The maximum atomic E-state index is 15.4. The van der Waals surface area contributed by atoms with Gasteiger partial charge in [-0.25, -0.2) is 17.6 Å². The Bertz CT molecular complexity index is 10700. The lowest BCUT2D eigenvalue weighted by Crippen LogP contribution is -2.12. The van der Waals surface area contributed by atoms with Crippen LogP contribution in [0.15, 0.2) is 482 Å². The van der Waals surface area contributed by atoms with Crippen LogP contribution in [0.4, 0.5) is 128 Å². The van der Waals surface area contributed by atoms with Crippen molar-refractivity contribution in [3.63, 3.8) is 0 Å². The number of furan rings is 2. The number of hydrogen-bond acceptors (Lipinski definition) is 10. The number of anilines is 18. The van der Waals surface area contributed by atoms with Crippen LogP contribution in [0.5, 0.6) is 0 Å². The number of hydrogen-bond donors (Lipinski definition) is 0. The normalized spacial score (nSPS) is 14.2. The Morgan fingerprint density at radius 1 is 0.188 bits per heavy atom. The fourth-order valence-electron chi connectivity index (χ4n) is 20.0. The lowest BCUT2D eigenvalue weighted by Gasteiger charge is -2.30. The Kier molecular flexibility index (Phi) is 15.5. The summed E-state index contributed by atoms with van der Waals surface area (Å²) < 4.78 is 325. The molecule has 0 saturated carbocycles. The first-order chi connectivity index (χ1) is 81.7. The molecular formula is C128H78F6N6O2S2. The summed E-state index contributed by atoms with van der Waals surface area (Å²) in [6.07, 6.45) is 2.80. The molecule has 28 aromatic rings. The summed E-state index contributed by atoms with van der Waals surface area (Å²) in [5.41, 5.74) is 2.76. The lowest BCUT2D eigenvalue weighted by atomic mass is 9.91. The second kappa shape index (κ2) is 35.6. The monoisotopic (exact) mass is 1930 g/mol. The van der Waals surface area contributed by atoms with E-state index < -0.39 is 191 Å². The molecule has 0 saturated heterocycles. The molecule has 0 fully saturated rings. The maximum absolute atomic E-state index is 15.4. The van der Waals surface area contributed by atoms with E-state index in [4.69, 9.17) is 39.0 Å². The number of thiophene rings is 2. The van der Waals surface area contributed by atoms with Crippen molar-refractivity contribution in [2.75, 3.05) is 29.4 Å². The zero-order valence-corrected chi connectivity index (χ0v) is 76.2. The van der Waals surface area contributed by atoms with Gasteiger partial charge < -0.3 is 28.4 Å². The van der Waals surface area contributed by atoms with Gasteiger partial charge >= 0.3 is 0 Å². The number of halogens is 6. The van der Waals surface area contributed by atoms with Crippen LogP contribution in [0, 0.1) is 33.5 Å². The van der Waals surface area contributed by atoms with Gasteiger partial charge in [-0.15, -0.1) is 0 Å². The van der Waals surface area contributed by atoms with E-state index in [9.17, 15) is 23.0 Å². The molecule has 0 bridgehead atoms. The predicted molar refractivity (Wildman–Crippen MR) is 589 cm³/mol. The molecule has 28 rings (SSSR count). The van der Waals surface area contributed by atoms with Crippen LogP contribution in [0.25, 0.3) is 140 Å². The van der Waals surface area contributed by atoms with Crippen LogP contribution in [0.2, 0.25) is 0 Å². The highest BCUT2D eigenvalue weighted by Crippen LogP contribution is 2.56. The standard InChI is InChI=1S/C56H34F2N2.C36H22F2N2O2.C36H22F2N2S2/c57-39-21-25-41(26-22-39)59(53-33-37-9-1-3-11-43(37)45-13-5-7-15-47(45)53)51-31-19-35-18-30-50-52(32-20-36-17-29-49(51)55(35)56(36)50)60(42-27-23-40(58)24-28-42)54-34-38-10-2-4-12-44(38)46-14-6-8-16-48(46)54;37-25-9-13-27(14-10-25)39(33-3-1-21-41-33)31-19-7-23-6-18-30-32(20-8-24-5-17-29(31)35(23)36(24)30)40(34-4-2-22-42-34)28-15-11-26(38)12-16-28;37-31-19-21-33(41-31)39(25-7-3-1-4-8-25)29-17-13-23-12-16-28-30(18-14-24-11-15-27(29)35(23)36(24)28)40(26-9-5-2-6-10-26)34-22-20-32(38)42-34/h1-34H;2*1-22H/i21D,22D,23D,24D,25D,26D,27D,28D;9D,10D,11D,12D,13D,14D,15D,16D;1D,2D,3D,4D,5D,6D,7D,8D,9D,10D. The van der Waals surface area contributed by atoms with E-state index in [1.54, 1.807) is 58.3 Å². The summed E-state index contributed by atoms with van der Waals surface area (Å²) in [6.45, 7) is 0. The summed E-state index contributed by atoms with van der Waals surface area (Å²) in [6, 6.07) is 75.3. The molecule has 16 heteroatoms. The first-order valence-corrected chi connectivity index (χ1v) is 46.9. The smallest absolute Gasteiger partial charge is 0.204 e. The van der Waals surface area contributed by atoms with Gasteiger partial charge in [-0.3, -0.25) is 9.80 Å². The minimum Gasteiger partial charge on any atom is -0.448 e. The molecule has 686 valence electrons. The molecule has 0 aliphatic heterocycles. The van der Waals surface area contributed by atoms with E-state index in [1.165, 1.54) is 56.4 Å². The van der Waals surface area contributed by atoms with E-state index in [0.717, 1.165) is 120 Å². The average Bonchev–Trinajstić information content (AvgIpc) is 1.35. The van der Waals surface area contributed by atoms with Crippen molar-refractivity contribution in [2.24, 2.45) is 0 Å². The highest BCUT2D eigenvalue weighted by molar-refractivity contribution is 7.15. The Morgan fingerprint density at radius 3 is 0.715 bits per heavy atom. The molecule has 0 unspecified atom stereocenters. The van der Waals surface area contributed by atoms with Crippen LogP contribution in [-0.4, -0.2) is 0 Å². The Morgan fingerprint density at radius 2 is 0.438 bits per heavy atom. The van der Waals surface area contributed by atoms with Gasteiger partial charge in [0.2, 0.25) is 11.8 Å². The Balaban J connectivity index is 0.000000126. The van der Waals surface area contributed by atoms with Crippen molar-refractivity contribution in [1.82, 2.24) is 0 Å². The van der Waals surface area contributed by atoms with Gasteiger partial charge in [0.15, 0.2) is 10.3 Å². The van der Waals surface area contributed by atoms with Gasteiger partial charge in [0.05, 0.1) is 93.7 Å². The van der Waals surface area contributed by atoms with Crippen molar-refractivity contribution < 1.29 is 70.8 Å². The van der Waals surface area contributed by atoms with Gasteiger partial charge in [0, 0.05) is 89.3 Å². The van der Waals surface area contributed by atoms with Crippen molar-refractivity contribution in [1.29, 1.82) is 0 Å². The third-order valence-electron chi connectivity index (χ3n) is 25.9. The van der Waals surface area contributed by atoms with Gasteiger partial charge in [-0.1, -0.05) is 265 Å². The highest BCUT2D eigenvalue weighted by Gasteiger charge is 2.31. The third-order valence-corrected chi connectivity index (χ3v) is 27.6. The van der Waals surface area contributed by atoms with Crippen molar-refractivity contribution in [3.8, 4) is 0 Å². The zero-order valence-electron chi connectivity index (χ0n) is 101. The topological polar surface area (TPSA) is 45.7 Å². The maximum Gasteiger partial charge on any atom is 0.204 e. The third kappa shape index (κ3) is 14.9. The zero-order chi connectivity index (χ0) is 119. The molecule has 0 aliphatic carbocycles. The number of benzene rings is 24. The largest absolute Gasteiger partial charge is 0.448 e. The highest BCUT2D eigenvalue weighted by atomic mass is 32.1. The first kappa shape index (κ1) is 62.7. The molecule has 0 N–H and O–H groups in total. The fraction of sp³-hybridized carbons (Fsp3) is 0. The summed E-state index contributed by atoms with van der Waals surface area (Å²) in [5, 5.41) is 19.5. The molecule has 24 aromatic carbocycles. The summed E-state index contributed by atoms with van der Waals surface area (Å²) in [7, 11) is 0. The lowest BCUT2D eigenvalue weighted by molar-refractivity contribution is 0.573. The van der Waals surface area contributed by atoms with E-state index in [-0.39, 0.29) is 55.9 Å². The Hall–Kier alpha value is -18.2. The Labute approximate surface area is 866 Å². The molecule has 0 atom stereocenters. The van der Waals surface area contributed by atoms with Crippen LogP contribution in [0.1, 0.15) is 35.6 Å². The summed E-state index contributed by atoms with van der Waals surface area (Å²) in [5.74, 6) is -4.71. The number of para-hydroxylation sites is 2. The van der Waals surface area contributed by atoms with Crippen molar-refractivity contribution in [2.45, 2.75) is 0 Å². The molecule has 4 aromatic heterocycles. The van der Waals surface area contributed by atoms with Crippen LogP contribution >= 0.6 is 22.7 Å². The van der Waals surface area contributed by atoms with E-state index in [2.05, 4.69) is 0 Å². The quantitative estimate of drug-likeness (QED) is 0.0622. The van der Waals surface area contributed by atoms with Crippen LogP contribution in [-0.2, 0) is 0 Å². The molecule has 4 heterocycles. The minimum atomic E-state index is -1.27. The SMILES string of the molecule is [2H]c1c([2H])c(N(c2cc3ccccc3c3ccccc23)c2ccc3ccc4c(N(c5c([2H])c([2H])c(F)c([2H])c5[2H])c5cc6ccccc6c6ccccc56)ccc5ccc2c3c54)c([2H])c([2H])c1F.[2H]c1c([2H])c(N(c2ccco2)c2ccc3ccc4c(N(c5ccco5)c5c([2H])c([2H])c(F)c([2H])c5[2H])ccc5ccc2c3c54)c([2H])c([2H])c1F.[2H]c1c([2H])c([2H])c(N(c2ccc(F)s2)c2ccc3ccc4c(N(c5ccc(F)s5)c5c([2H])c([2H])c([2H])c([2H])c5[2H])ccc5ccc2c3c54)c([2H])c1[2H]. The molecule has 0 spiro atoms.